The lowest BCUT2D eigenvalue weighted by atomic mass is 9.95. The maximum Gasteiger partial charge on any atom is 0.291 e. The van der Waals surface area contributed by atoms with Crippen molar-refractivity contribution in [2.24, 2.45) is 5.92 Å². The van der Waals surface area contributed by atoms with Gasteiger partial charge >= 0.3 is 0 Å². The highest BCUT2D eigenvalue weighted by Crippen LogP contribution is 2.30. The van der Waals surface area contributed by atoms with Crippen LogP contribution in [-0.4, -0.2) is 68.4 Å². The van der Waals surface area contributed by atoms with Gasteiger partial charge in [0.05, 0.1) is 5.69 Å². The van der Waals surface area contributed by atoms with Crippen molar-refractivity contribution >= 4 is 29.2 Å². The van der Waals surface area contributed by atoms with Crippen LogP contribution >= 0.6 is 12.4 Å². The number of para-hydroxylation sites is 1. The normalized spacial score (nSPS) is 19.8. The van der Waals surface area contributed by atoms with Gasteiger partial charge in [-0.05, 0) is 55.9 Å². The molecule has 0 radical (unpaired) electrons. The zero-order valence-electron chi connectivity index (χ0n) is 19.0. The molecular weight excluding hydrogens is 447 g/mol. The van der Waals surface area contributed by atoms with Gasteiger partial charge in [-0.1, -0.05) is 19.1 Å². The average molecular weight is 477 g/mol. The van der Waals surface area contributed by atoms with Crippen LogP contribution in [-0.2, 0) is 11.2 Å². The molecule has 0 N–H and O–H groups in total. The molecule has 0 bridgehead atoms. The number of rotatable bonds is 5. The summed E-state index contributed by atoms with van der Waals surface area (Å²) in [6, 6.07) is 5.00. The third-order valence-corrected chi connectivity index (χ3v) is 6.87. The number of likely N-dealkylation sites (tertiary alicyclic amines) is 2. The van der Waals surface area contributed by atoms with Gasteiger partial charge in [-0.15, -0.1) is 12.4 Å². The molecule has 1 atom stereocenters. The molecule has 4 heterocycles. The van der Waals surface area contributed by atoms with Gasteiger partial charge in [-0.3, -0.25) is 4.79 Å². The Morgan fingerprint density at radius 2 is 2.00 bits per heavy atom. The summed E-state index contributed by atoms with van der Waals surface area (Å²) in [5.41, 5.74) is 1.21. The number of benzene rings is 1. The minimum absolute atomic E-state index is 0. The zero-order valence-corrected chi connectivity index (χ0v) is 19.9. The van der Waals surface area contributed by atoms with E-state index in [0.717, 1.165) is 63.1 Å². The molecule has 2 aromatic heterocycles. The first-order valence-electron chi connectivity index (χ1n) is 11.5. The van der Waals surface area contributed by atoms with Crippen LogP contribution in [0.15, 0.2) is 22.7 Å². The van der Waals surface area contributed by atoms with E-state index in [1.165, 1.54) is 10.7 Å². The number of hydrogen-bond acceptors (Lipinski definition) is 6. The SMILES string of the molecule is CCc1nn(-c2noc(C3CCN(C[C@@H]4CCN(C(C)=O)C4)CC3)n2)c2c(F)cccc12.Cl. The quantitative estimate of drug-likeness (QED) is 0.560. The molecule has 1 aromatic carbocycles. The Kier molecular flexibility index (Phi) is 6.99. The summed E-state index contributed by atoms with van der Waals surface area (Å²) in [4.78, 5) is 20.6. The number of amides is 1. The molecule has 2 aliphatic rings. The van der Waals surface area contributed by atoms with Crippen LogP contribution in [0.5, 0.6) is 0 Å². The zero-order chi connectivity index (χ0) is 22.2. The van der Waals surface area contributed by atoms with Crippen LogP contribution in [0.1, 0.15) is 50.6 Å². The third-order valence-electron chi connectivity index (χ3n) is 6.87. The molecule has 2 aliphatic heterocycles. The van der Waals surface area contributed by atoms with Crippen molar-refractivity contribution in [2.45, 2.75) is 45.4 Å². The van der Waals surface area contributed by atoms with Crippen molar-refractivity contribution in [3.63, 3.8) is 0 Å². The second-order valence-corrected chi connectivity index (χ2v) is 8.98. The summed E-state index contributed by atoms with van der Waals surface area (Å²) < 4.78 is 21.6. The fourth-order valence-electron chi connectivity index (χ4n) is 5.07. The Bertz CT molecular complexity index is 1120. The van der Waals surface area contributed by atoms with Crippen LogP contribution in [0, 0.1) is 11.7 Å². The van der Waals surface area contributed by atoms with E-state index < -0.39 is 0 Å². The molecular formula is C23H30ClFN6O2. The Morgan fingerprint density at radius 3 is 2.70 bits per heavy atom. The topological polar surface area (TPSA) is 80.3 Å². The van der Waals surface area contributed by atoms with Crippen molar-refractivity contribution in [3.05, 3.63) is 35.6 Å². The Hall–Kier alpha value is -2.52. The molecule has 10 heteroatoms. The number of carbonyl (C=O) groups excluding carboxylic acids is 1. The second-order valence-electron chi connectivity index (χ2n) is 8.98. The maximum absolute atomic E-state index is 14.5. The highest BCUT2D eigenvalue weighted by atomic mass is 35.5. The largest absolute Gasteiger partial charge is 0.343 e. The van der Waals surface area contributed by atoms with Gasteiger partial charge in [0.1, 0.15) is 11.3 Å². The molecule has 0 aliphatic carbocycles. The van der Waals surface area contributed by atoms with E-state index in [0.29, 0.717) is 23.7 Å². The second kappa shape index (κ2) is 9.77. The number of aromatic nitrogens is 4. The monoisotopic (exact) mass is 476 g/mol. The van der Waals surface area contributed by atoms with E-state index >= 15 is 0 Å². The summed E-state index contributed by atoms with van der Waals surface area (Å²) in [6.07, 6.45) is 3.67. The van der Waals surface area contributed by atoms with E-state index in [1.54, 1.807) is 13.0 Å². The van der Waals surface area contributed by atoms with Crippen molar-refractivity contribution in [3.8, 4) is 5.95 Å². The number of fused-ring (bicyclic) bond motifs is 1. The highest BCUT2D eigenvalue weighted by molar-refractivity contribution is 5.85. The smallest absolute Gasteiger partial charge is 0.291 e. The minimum atomic E-state index is -0.343. The standard InChI is InChI=1S/C23H29FN6O2.ClH/c1-3-20-18-5-4-6-19(24)21(18)30(26-20)23-25-22(32-27-23)17-8-10-28(11-9-17)13-16-7-12-29(14-16)15(2)31;/h4-6,16-17H,3,7-14H2,1-2H3;1H/t16-;/m0./s1. The molecule has 3 aromatic rings. The van der Waals surface area contributed by atoms with E-state index in [4.69, 9.17) is 4.52 Å². The predicted octanol–water partition coefficient (Wildman–Crippen LogP) is 3.58. The lowest BCUT2D eigenvalue weighted by Gasteiger charge is -2.32. The minimum Gasteiger partial charge on any atom is -0.343 e. The van der Waals surface area contributed by atoms with Crippen LogP contribution < -0.4 is 0 Å². The highest BCUT2D eigenvalue weighted by Gasteiger charge is 2.30. The predicted molar refractivity (Wildman–Crippen MR) is 124 cm³/mol. The Morgan fingerprint density at radius 1 is 1.21 bits per heavy atom. The molecule has 1 amide bonds. The van der Waals surface area contributed by atoms with Gasteiger partial charge in [-0.2, -0.15) is 14.8 Å². The van der Waals surface area contributed by atoms with Gasteiger partial charge < -0.3 is 14.3 Å². The number of aryl methyl sites for hydroxylation is 1. The van der Waals surface area contributed by atoms with Gasteiger partial charge in [0.25, 0.3) is 5.95 Å². The van der Waals surface area contributed by atoms with E-state index in [2.05, 4.69) is 20.1 Å². The number of halogens is 2. The van der Waals surface area contributed by atoms with Crippen LogP contribution in [0.3, 0.4) is 0 Å². The van der Waals surface area contributed by atoms with E-state index in [-0.39, 0.29) is 36.0 Å². The molecule has 0 unspecified atom stereocenters. The van der Waals surface area contributed by atoms with Crippen molar-refractivity contribution in [2.75, 3.05) is 32.7 Å². The van der Waals surface area contributed by atoms with Crippen molar-refractivity contribution in [1.82, 2.24) is 29.7 Å². The molecule has 2 saturated heterocycles. The molecule has 0 saturated carbocycles. The molecule has 8 nitrogen and oxygen atoms in total. The Labute approximate surface area is 198 Å². The lowest BCUT2D eigenvalue weighted by Crippen LogP contribution is -2.37. The summed E-state index contributed by atoms with van der Waals surface area (Å²) >= 11 is 0. The first kappa shape index (κ1) is 23.6. The maximum atomic E-state index is 14.5. The fraction of sp³-hybridized carbons (Fsp3) is 0.565. The number of carbonyl (C=O) groups is 1. The summed E-state index contributed by atoms with van der Waals surface area (Å²) in [5, 5.41) is 9.44. The van der Waals surface area contributed by atoms with Crippen LogP contribution in [0.4, 0.5) is 4.39 Å². The van der Waals surface area contributed by atoms with Crippen molar-refractivity contribution in [1.29, 1.82) is 0 Å². The van der Waals surface area contributed by atoms with Gasteiger partial charge in [-0.25, -0.2) is 4.39 Å². The molecule has 5 rings (SSSR count). The van der Waals surface area contributed by atoms with E-state index in [9.17, 15) is 9.18 Å². The number of hydrogen-bond donors (Lipinski definition) is 0. The van der Waals surface area contributed by atoms with Gasteiger partial charge in [0.15, 0.2) is 0 Å². The molecule has 2 fully saturated rings. The third kappa shape index (κ3) is 4.61. The number of nitrogens with zero attached hydrogens (tertiary/aromatic N) is 6. The first-order chi connectivity index (χ1) is 15.5. The summed E-state index contributed by atoms with van der Waals surface area (Å²) in [7, 11) is 0. The average Bonchev–Trinajstić information content (AvgIpc) is 3.53. The van der Waals surface area contributed by atoms with Crippen molar-refractivity contribution < 1.29 is 13.7 Å². The van der Waals surface area contributed by atoms with E-state index in [1.807, 2.05) is 17.9 Å². The van der Waals surface area contributed by atoms with Gasteiger partial charge in [0, 0.05) is 37.9 Å². The van der Waals surface area contributed by atoms with Gasteiger partial charge in [0.2, 0.25) is 11.8 Å². The summed E-state index contributed by atoms with van der Waals surface area (Å²) in [6.45, 7) is 8.37. The molecule has 178 valence electrons. The summed E-state index contributed by atoms with van der Waals surface area (Å²) in [5.74, 6) is 1.47. The Balaban J connectivity index is 0.00000259. The molecule has 0 spiro atoms. The van der Waals surface area contributed by atoms with Crippen LogP contribution in [0.25, 0.3) is 16.9 Å². The number of piperidine rings is 1. The van der Waals surface area contributed by atoms with Crippen LogP contribution in [0.2, 0.25) is 0 Å². The fourth-order valence-corrected chi connectivity index (χ4v) is 5.07. The lowest BCUT2D eigenvalue weighted by molar-refractivity contribution is -0.127. The molecule has 33 heavy (non-hydrogen) atoms. The first-order valence-corrected chi connectivity index (χ1v) is 11.5.